The number of imidazole rings is 1. The second kappa shape index (κ2) is 8.42. The first-order valence-corrected chi connectivity index (χ1v) is 10.2. The number of methoxy groups -OCH3 is 2. The van der Waals surface area contributed by atoms with Crippen LogP contribution in [0.1, 0.15) is 20.8 Å². The van der Waals surface area contributed by atoms with Crippen molar-refractivity contribution in [3.63, 3.8) is 0 Å². The number of nitrogens with zero attached hydrogens (tertiary/aromatic N) is 4. The molecule has 0 amide bonds. The molecule has 9 heteroatoms. The van der Waals surface area contributed by atoms with Gasteiger partial charge in [-0.25, -0.2) is 24.1 Å². The minimum absolute atomic E-state index is 0.130. The highest BCUT2D eigenvalue weighted by atomic mass is 16.6. The zero-order chi connectivity index (χ0) is 23.8. The quantitative estimate of drug-likeness (QED) is 0.465. The monoisotopic (exact) mass is 448 g/mol. The van der Waals surface area contributed by atoms with Crippen molar-refractivity contribution in [2.75, 3.05) is 14.2 Å². The van der Waals surface area contributed by atoms with Crippen LogP contribution < -0.4 is 15.2 Å². The molecular weight excluding hydrogens is 424 g/mol. The zero-order valence-corrected chi connectivity index (χ0v) is 19.0. The molecule has 0 aliphatic heterocycles. The van der Waals surface area contributed by atoms with Gasteiger partial charge in [-0.15, -0.1) is 0 Å². The van der Waals surface area contributed by atoms with Gasteiger partial charge in [0.15, 0.2) is 11.5 Å². The summed E-state index contributed by atoms with van der Waals surface area (Å²) in [4.78, 5) is 35.1. The van der Waals surface area contributed by atoms with Gasteiger partial charge in [-0.05, 0) is 57.2 Å². The molecule has 2 heterocycles. The average molecular weight is 448 g/mol. The number of ether oxygens (including phenoxy) is 3. The number of hydrogen-bond acceptors (Lipinski definition) is 7. The molecule has 2 aromatic carbocycles. The third-order valence-electron chi connectivity index (χ3n) is 4.84. The summed E-state index contributed by atoms with van der Waals surface area (Å²) in [5, 5.41) is 0. The van der Waals surface area contributed by atoms with E-state index in [9.17, 15) is 9.59 Å². The lowest BCUT2D eigenvalue weighted by molar-refractivity contribution is 0.0538. The summed E-state index contributed by atoms with van der Waals surface area (Å²) in [6.45, 7) is 5.22. The maximum absolute atomic E-state index is 13.4. The Kier molecular flexibility index (Phi) is 5.63. The van der Waals surface area contributed by atoms with E-state index < -0.39 is 17.4 Å². The molecule has 0 aliphatic carbocycles. The summed E-state index contributed by atoms with van der Waals surface area (Å²) in [6, 6.07) is 14.0. The van der Waals surface area contributed by atoms with Gasteiger partial charge < -0.3 is 14.2 Å². The van der Waals surface area contributed by atoms with E-state index in [0.29, 0.717) is 28.2 Å². The van der Waals surface area contributed by atoms with Crippen LogP contribution in [0.15, 0.2) is 59.5 Å². The number of aromatic nitrogens is 4. The highest BCUT2D eigenvalue weighted by Gasteiger charge is 2.25. The minimum atomic E-state index is -0.765. The van der Waals surface area contributed by atoms with Crippen LogP contribution in [-0.4, -0.2) is 45.0 Å². The van der Waals surface area contributed by atoms with E-state index in [1.807, 2.05) is 6.07 Å². The Morgan fingerprint density at radius 1 is 0.939 bits per heavy atom. The Morgan fingerprint density at radius 2 is 1.64 bits per heavy atom. The number of rotatable bonds is 4. The summed E-state index contributed by atoms with van der Waals surface area (Å²) in [5.74, 6) is 1.27. The molecule has 0 atom stereocenters. The third kappa shape index (κ3) is 4.17. The van der Waals surface area contributed by atoms with E-state index in [-0.39, 0.29) is 5.95 Å². The SMILES string of the molecule is COc1ccc(-c2ccnc(-n3c(=O)n(C(=O)OC(C)(C)C)c4ccccc43)n2)cc1OC. The molecule has 0 N–H and O–H groups in total. The van der Waals surface area contributed by atoms with Gasteiger partial charge in [0.25, 0.3) is 0 Å². The van der Waals surface area contributed by atoms with Crippen LogP contribution in [0.2, 0.25) is 0 Å². The summed E-state index contributed by atoms with van der Waals surface area (Å²) in [5.41, 5.74) is 0.829. The Labute approximate surface area is 190 Å². The first kappa shape index (κ1) is 22.1. The van der Waals surface area contributed by atoms with Gasteiger partial charge in [-0.3, -0.25) is 0 Å². The lowest BCUT2D eigenvalue weighted by Gasteiger charge is -2.19. The number of para-hydroxylation sites is 2. The normalized spacial score (nSPS) is 11.4. The van der Waals surface area contributed by atoms with E-state index in [0.717, 1.165) is 10.1 Å². The lowest BCUT2D eigenvalue weighted by atomic mass is 10.1. The molecule has 4 rings (SSSR count). The Morgan fingerprint density at radius 3 is 2.30 bits per heavy atom. The molecular formula is C24H24N4O5. The predicted molar refractivity (Wildman–Crippen MR) is 123 cm³/mol. The average Bonchev–Trinajstić information content (AvgIpc) is 3.09. The fourth-order valence-electron chi connectivity index (χ4n) is 3.44. The van der Waals surface area contributed by atoms with E-state index in [1.54, 1.807) is 83.7 Å². The molecule has 0 aliphatic rings. The maximum Gasteiger partial charge on any atom is 0.423 e. The van der Waals surface area contributed by atoms with E-state index in [4.69, 9.17) is 14.2 Å². The van der Waals surface area contributed by atoms with Gasteiger partial charge in [-0.1, -0.05) is 12.1 Å². The molecule has 170 valence electrons. The molecule has 0 unspecified atom stereocenters. The van der Waals surface area contributed by atoms with Crippen molar-refractivity contribution in [2.45, 2.75) is 26.4 Å². The van der Waals surface area contributed by atoms with Crippen LogP contribution in [0.3, 0.4) is 0 Å². The fraction of sp³-hybridized carbons (Fsp3) is 0.250. The number of benzene rings is 2. The molecule has 0 fully saturated rings. The second-order valence-corrected chi connectivity index (χ2v) is 8.23. The van der Waals surface area contributed by atoms with Crippen molar-refractivity contribution in [3.8, 4) is 28.7 Å². The van der Waals surface area contributed by atoms with Gasteiger partial charge in [0, 0.05) is 11.8 Å². The van der Waals surface area contributed by atoms with Crippen LogP contribution in [0.25, 0.3) is 28.2 Å². The molecule has 0 bridgehead atoms. The number of carbonyl (C=O) groups is 1. The third-order valence-corrected chi connectivity index (χ3v) is 4.84. The Balaban J connectivity index is 1.87. The van der Waals surface area contributed by atoms with Crippen molar-refractivity contribution >= 4 is 17.1 Å². The topological polar surface area (TPSA) is 97.5 Å². The van der Waals surface area contributed by atoms with Crippen molar-refractivity contribution in [3.05, 3.63) is 65.2 Å². The molecule has 0 spiro atoms. The van der Waals surface area contributed by atoms with Gasteiger partial charge >= 0.3 is 11.8 Å². The van der Waals surface area contributed by atoms with Gasteiger partial charge in [0.1, 0.15) is 5.60 Å². The van der Waals surface area contributed by atoms with E-state index >= 15 is 0 Å². The maximum atomic E-state index is 13.4. The number of hydrogen-bond donors (Lipinski definition) is 0. The molecule has 0 saturated heterocycles. The van der Waals surface area contributed by atoms with Gasteiger partial charge in [-0.2, -0.15) is 4.57 Å². The molecule has 33 heavy (non-hydrogen) atoms. The van der Waals surface area contributed by atoms with E-state index in [2.05, 4.69) is 9.97 Å². The first-order valence-electron chi connectivity index (χ1n) is 10.2. The smallest absolute Gasteiger partial charge is 0.423 e. The molecule has 4 aromatic rings. The number of fused-ring (bicyclic) bond motifs is 1. The van der Waals surface area contributed by atoms with Gasteiger partial charge in [0.05, 0.1) is 30.9 Å². The summed E-state index contributed by atoms with van der Waals surface area (Å²) in [6.07, 6.45) is 0.791. The largest absolute Gasteiger partial charge is 0.493 e. The fourth-order valence-corrected chi connectivity index (χ4v) is 3.44. The molecule has 0 saturated carbocycles. The second-order valence-electron chi connectivity index (χ2n) is 8.23. The first-order chi connectivity index (χ1) is 15.7. The van der Waals surface area contributed by atoms with Crippen molar-refractivity contribution < 1.29 is 19.0 Å². The van der Waals surface area contributed by atoms with Crippen LogP contribution in [-0.2, 0) is 4.74 Å². The van der Waals surface area contributed by atoms with E-state index in [1.165, 1.54) is 4.57 Å². The minimum Gasteiger partial charge on any atom is -0.493 e. The molecule has 2 aromatic heterocycles. The summed E-state index contributed by atoms with van der Waals surface area (Å²) >= 11 is 0. The van der Waals surface area contributed by atoms with Crippen LogP contribution in [0.5, 0.6) is 11.5 Å². The van der Waals surface area contributed by atoms with Crippen molar-refractivity contribution in [1.29, 1.82) is 0 Å². The number of carbonyl (C=O) groups excluding carboxylic acids is 1. The van der Waals surface area contributed by atoms with Crippen LogP contribution in [0.4, 0.5) is 4.79 Å². The predicted octanol–water partition coefficient (Wildman–Crippen LogP) is 4.05. The van der Waals surface area contributed by atoms with Crippen LogP contribution >= 0.6 is 0 Å². The summed E-state index contributed by atoms with van der Waals surface area (Å²) in [7, 11) is 3.12. The Bertz CT molecular complexity index is 1400. The molecule has 9 nitrogen and oxygen atoms in total. The highest BCUT2D eigenvalue weighted by Crippen LogP contribution is 2.31. The standard InChI is InChI=1S/C24H24N4O5/c1-24(2,3)33-23(30)28-18-9-7-6-8-17(18)27(22(28)29)21-25-13-12-16(26-21)15-10-11-19(31-4)20(14-15)32-5/h6-14H,1-5H3. The zero-order valence-electron chi connectivity index (χ0n) is 19.0. The molecule has 0 radical (unpaired) electrons. The van der Waals surface area contributed by atoms with Crippen molar-refractivity contribution in [2.24, 2.45) is 0 Å². The van der Waals surface area contributed by atoms with Crippen molar-refractivity contribution in [1.82, 2.24) is 19.1 Å². The van der Waals surface area contributed by atoms with Gasteiger partial charge in [0.2, 0.25) is 5.95 Å². The highest BCUT2D eigenvalue weighted by molar-refractivity contribution is 5.87. The van der Waals surface area contributed by atoms with Crippen LogP contribution in [0, 0.1) is 0 Å². The summed E-state index contributed by atoms with van der Waals surface area (Å²) < 4.78 is 18.4. The lowest BCUT2D eigenvalue weighted by Crippen LogP contribution is -2.34. The Hall–Kier alpha value is -4.14.